The molecule has 2 rings (SSSR count). The van der Waals surface area contributed by atoms with E-state index in [0.717, 1.165) is 19.4 Å². The molecule has 20 heavy (non-hydrogen) atoms. The SMILES string of the molecule is COC(=O)Nc1cc(NC(=O)C2CCCN2)ccc1F. The maximum Gasteiger partial charge on any atom is 0.411 e. The summed E-state index contributed by atoms with van der Waals surface area (Å²) in [5.41, 5.74) is 0.366. The van der Waals surface area contributed by atoms with Crippen LogP contribution in [-0.2, 0) is 9.53 Å². The van der Waals surface area contributed by atoms with E-state index in [1.807, 2.05) is 0 Å². The summed E-state index contributed by atoms with van der Waals surface area (Å²) in [6, 6.07) is 3.73. The zero-order chi connectivity index (χ0) is 14.5. The zero-order valence-corrected chi connectivity index (χ0v) is 11.0. The van der Waals surface area contributed by atoms with Crippen LogP contribution in [0.15, 0.2) is 18.2 Å². The number of carbonyl (C=O) groups excluding carboxylic acids is 2. The zero-order valence-electron chi connectivity index (χ0n) is 11.0. The molecule has 0 spiro atoms. The number of hydrogen-bond acceptors (Lipinski definition) is 4. The lowest BCUT2D eigenvalue weighted by molar-refractivity contribution is -0.117. The predicted octanol–water partition coefficient (Wildman–Crippen LogP) is 1.69. The summed E-state index contributed by atoms with van der Waals surface area (Å²) in [4.78, 5) is 23.0. The quantitative estimate of drug-likeness (QED) is 0.787. The predicted molar refractivity (Wildman–Crippen MR) is 72.1 cm³/mol. The minimum absolute atomic E-state index is 0.0472. The molecule has 0 aromatic heterocycles. The Morgan fingerprint density at radius 1 is 1.40 bits per heavy atom. The van der Waals surface area contributed by atoms with Crippen LogP contribution in [0.1, 0.15) is 12.8 Å². The summed E-state index contributed by atoms with van der Waals surface area (Å²) < 4.78 is 17.9. The molecule has 1 atom stereocenters. The number of carbonyl (C=O) groups is 2. The molecule has 108 valence electrons. The largest absolute Gasteiger partial charge is 0.453 e. The molecule has 2 amide bonds. The van der Waals surface area contributed by atoms with Crippen molar-refractivity contribution in [3.8, 4) is 0 Å². The molecule has 1 unspecified atom stereocenters. The smallest absolute Gasteiger partial charge is 0.411 e. The Bertz CT molecular complexity index is 516. The number of anilines is 2. The molecule has 1 aliphatic heterocycles. The Morgan fingerprint density at radius 2 is 2.20 bits per heavy atom. The molecule has 0 radical (unpaired) electrons. The van der Waals surface area contributed by atoms with Crippen molar-refractivity contribution in [2.45, 2.75) is 18.9 Å². The van der Waals surface area contributed by atoms with Crippen molar-refractivity contribution < 1.29 is 18.7 Å². The second-order valence-electron chi connectivity index (χ2n) is 4.45. The average Bonchev–Trinajstić information content (AvgIpc) is 2.96. The van der Waals surface area contributed by atoms with Crippen molar-refractivity contribution in [1.29, 1.82) is 0 Å². The van der Waals surface area contributed by atoms with E-state index in [1.54, 1.807) is 0 Å². The summed E-state index contributed by atoms with van der Waals surface area (Å²) in [7, 11) is 1.19. The number of hydrogen-bond donors (Lipinski definition) is 3. The van der Waals surface area contributed by atoms with Crippen LogP contribution >= 0.6 is 0 Å². The van der Waals surface area contributed by atoms with Gasteiger partial charge in [-0.1, -0.05) is 0 Å². The number of benzene rings is 1. The Labute approximate surface area is 115 Å². The number of ether oxygens (including phenoxy) is 1. The third-order valence-corrected chi connectivity index (χ3v) is 3.03. The average molecular weight is 281 g/mol. The molecule has 1 heterocycles. The number of rotatable bonds is 3. The molecule has 6 nitrogen and oxygen atoms in total. The fourth-order valence-electron chi connectivity index (χ4n) is 2.00. The van der Waals surface area contributed by atoms with Gasteiger partial charge < -0.3 is 15.4 Å². The fraction of sp³-hybridized carbons (Fsp3) is 0.385. The molecule has 1 saturated heterocycles. The normalized spacial score (nSPS) is 17.6. The third-order valence-electron chi connectivity index (χ3n) is 3.03. The molecule has 1 aliphatic rings. The fourth-order valence-corrected chi connectivity index (χ4v) is 2.00. The summed E-state index contributed by atoms with van der Waals surface area (Å²) in [6.07, 6.45) is 0.960. The van der Waals surface area contributed by atoms with Gasteiger partial charge in [-0.3, -0.25) is 10.1 Å². The lowest BCUT2D eigenvalue weighted by atomic mass is 10.2. The van der Waals surface area contributed by atoms with Crippen LogP contribution in [0.3, 0.4) is 0 Å². The molecule has 1 fully saturated rings. The van der Waals surface area contributed by atoms with Crippen LogP contribution in [0.5, 0.6) is 0 Å². The maximum absolute atomic E-state index is 13.5. The van der Waals surface area contributed by atoms with Crippen molar-refractivity contribution in [2.24, 2.45) is 0 Å². The Hall–Kier alpha value is -2.15. The Kier molecular flexibility index (Phi) is 4.52. The van der Waals surface area contributed by atoms with E-state index in [0.29, 0.717) is 5.69 Å². The first-order chi connectivity index (χ1) is 9.60. The van der Waals surface area contributed by atoms with Crippen LogP contribution < -0.4 is 16.0 Å². The highest BCUT2D eigenvalue weighted by Gasteiger charge is 2.22. The standard InChI is InChI=1S/C13H16FN3O3/c1-20-13(19)17-11-7-8(4-5-9(11)14)16-12(18)10-3-2-6-15-10/h4-5,7,10,15H,2-3,6H2,1H3,(H,16,18)(H,17,19). The molecule has 1 aromatic rings. The monoisotopic (exact) mass is 281 g/mol. The second-order valence-corrected chi connectivity index (χ2v) is 4.45. The van der Waals surface area contributed by atoms with Gasteiger partial charge in [0.25, 0.3) is 0 Å². The van der Waals surface area contributed by atoms with Gasteiger partial charge >= 0.3 is 6.09 Å². The van der Waals surface area contributed by atoms with Gasteiger partial charge in [-0.25, -0.2) is 9.18 Å². The van der Waals surface area contributed by atoms with Gasteiger partial charge in [-0.15, -0.1) is 0 Å². The van der Waals surface area contributed by atoms with Gasteiger partial charge in [0.2, 0.25) is 5.91 Å². The lowest BCUT2D eigenvalue weighted by Crippen LogP contribution is -2.35. The number of halogens is 1. The van der Waals surface area contributed by atoms with E-state index < -0.39 is 11.9 Å². The molecule has 0 aliphatic carbocycles. The van der Waals surface area contributed by atoms with Crippen molar-refractivity contribution in [3.63, 3.8) is 0 Å². The highest BCUT2D eigenvalue weighted by atomic mass is 19.1. The highest BCUT2D eigenvalue weighted by molar-refractivity contribution is 5.96. The van der Waals surface area contributed by atoms with Crippen LogP contribution in [0, 0.1) is 5.82 Å². The van der Waals surface area contributed by atoms with Crippen LogP contribution in [0.25, 0.3) is 0 Å². The molecular formula is C13H16FN3O3. The number of nitrogens with one attached hydrogen (secondary N) is 3. The van der Waals surface area contributed by atoms with E-state index in [1.165, 1.54) is 25.3 Å². The molecule has 1 aromatic carbocycles. The van der Waals surface area contributed by atoms with Gasteiger partial charge in [0, 0.05) is 5.69 Å². The van der Waals surface area contributed by atoms with Crippen molar-refractivity contribution >= 4 is 23.4 Å². The van der Waals surface area contributed by atoms with E-state index in [9.17, 15) is 14.0 Å². The summed E-state index contributed by atoms with van der Waals surface area (Å²) >= 11 is 0. The van der Waals surface area contributed by atoms with E-state index in [-0.39, 0.29) is 17.6 Å². The van der Waals surface area contributed by atoms with Crippen LogP contribution in [-0.4, -0.2) is 31.7 Å². The molecular weight excluding hydrogens is 265 g/mol. The van der Waals surface area contributed by atoms with Gasteiger partial charge in [0.15, 0.2) is 0 Å². The second kappa shape index (κ2) is 6.33. The van der Waals surface area contributed by atoms with Crippen LogP contribution in [0.4, 0.5) is 20.6 Å². The van der Waals surface area contributed by atoms with Gasteiger partial charge in [0.1, 0.15) is 5.82 Å². The first-order valence-corrected chi connectivity index (χ1v) is 6.29. The van der Waals surface area contributed by atoms with Gasteiger partial charge in [-0.05, 0) is 37.6 Å². The van der Waals surface area contributed by atoms with E-state index >= 15 is 0 Å². The molecule has 0 saturated carbocycles. The topological polar surface area (TPSA) is 79.5 Å². The maximum atomic E-state index is 13.5. The highest BCUT2D eigenvalue weighted by Crippen LogP contribution is 2.20. The molecule has 0 bridgehead atoms. The molecule has 3 N–H and O–H groups in total. The third kappa shape index (κ3) is 3.45. The lowest BCUT2D eigenvalue weighted by Gasteiger charge is -2.12. The van der Waals surface area contributed by atoms with E-state index in [2.05, 4.69) is 20.7 Å². The van der Waals surface area contributed by atoms with Crippen molar-refractivity contribution in [1.82, 2.24) is 5.32 Å². The summed E-state index contributed by atoms with van der Waals surface area (Å²) in [5, 5.41) is 7.99. The Balaban J connectivity index is 2.06. The van der Waals surface area contributed by atoms with Crippen molar-refractivity contribution in [2.75, 3.05) is 24.3 Å². The Morgan fingerprint density at radius 3 is 2.85 bits per heavy atom. The summed E-state index contributed by atoms with van der Waals surface area (Å²) in [6.45, 7) is 0.816. The first kappa shape index (κ1) is 14.3. The van der Waals surface area contributed by atoms with Crippen LogP contribution in [0.2, 0.25) is 0 Å². The van der Waals surface area contributed by atoms with Gasteiger partial charge in [0.05, 0.1) is 18.8 Å². The minimum Gasteiger partial charge on any atom is -0.453 e. The van der Waals surface area contributed by atoms with Gasteiger partial charge in [-0.2, -0.15) is 0 Å². The van der Waals surface area contributed by atoms with Crippen molar-refractivity contribution in [3.05, 3.63) is 24.0 Å². The van der Waals surface area contributed by atoms with E-state index in [4.69, 9.17) is 0 Å². The first-order valence-electron chi connectivity index (χ1n) is 6.29. The summed E-state index contributed by atoms with van der Waals surface area (Å²) in [5.74, 6) is -0.773. The number of methoxy groups -OCH3 is 1. The number of amides is 2. The minimum atomic E-state index is -0.773. The molecule has 7 heteroatoms.